The number of benzene rings is 1. The summed E-state index contributed by atoms with van der Waals surface area (Å²) < 4.78 is 5.47. The van der Waals surface area contributed by atoms with Crippen LogP contribution in [-0.4, -0.2) is 68.1 Å². The molecule has 1 aromatic rings. The maximum absolute atomic E-state index is 12.4. The van der Waals surface area contributed by atoms with E-state index in [0.29, 0.717) is 12.5 Å². The lowest BCUT2D eigenvalue weighted by atomic mass is 10.1. The maximum atomic E-state index is 12.4. The third-order valence-corrected chi connectivity index (χ3v) is 4.92. The fraction of sp³-hybridized carbons (Fsp3) is 0.619. The van der Waals surface area contributed by atoms with Crippen LogP contribution in [0.3, 0.4) is 0 Å². The van der Waals surface area contributed by atoms with E-state index in [1.807, 2.05) is 43.0 Å². The molecule has 0 spiro atoms. The van der Waals surface area contributed by atoms with Crippen LogP contribution < -0.4 is 5.32 Å². The van der Waals surface area contributed by atoms with Crippen molar-refractivity contribution in [2.24, 2.45) is 10.9 Å². The standard InChI is InChI=1S/C21H34N4O2.HI/c1-5-22-21(24(4)15-18-12-13-27-16-18)23-14-17-8-10-19(11-9-17)20(26)25(6-2)7-3;/h8-11,18H,5-7,12-16H2,1-4H3,(H,22,23);1H. The van der Waals surface area contributed by atoms with Gasteiger partial charge in [0.2, 0.25) is 0 Å². The predicted octanol–water partition coefficient (Wildman–Crippen LogP) is 3.22. The highest BCUT2D eigenvalue weighted by Crippen LogP contribution is 2.14. The molecule has 7 heteroatoms. The van der Waals surface area contributed by atoms with Crippen molar-refractivity contribution in [3.8, 4) is 0 Å². The minimum Gasteiger partial charge on any atom is -0.381 e. The highest BCUT2D eigenvalue weighted by atomic mass is 127. The lowest BCUT2D eigenvalue weighted by molar-refractivity contribution is 0.0773. The lowest BCUT2D eigenvalue weighted by Gasteiger charge is -2.24. The van der Waals surface area contributed by atoms with Crippen LogP contribution in [0.15, 0.2) is 29.3 Å². The summed E-state index contributed by atoms with van der Waals surface area (Å²) in [4.78, 5) is 21.2. The number of nitrogens with zero attached hydrogens (tertiary/aromatic N) is 3. The molecule has 0 radical (unpaired) electrons. The Bertz CT molecular complexity index is 611. The highest BCUT2D eigenvalue weighted by Gasteiger charge is 2.19. The predicted molar refractivity (Wildman–Crippen MR) is 125 cm³/mol. The summed E-state index contributed by atoms with van der Waals surface area (Å²) in [6.45, 7) is 11.6. The lowest BCUT2D eigenvalue weighted by Crippen LogP contribution is -2.41. The molecular formula is C21H35IN4O2. The molecule has 1 amide bonds. The zero-order chi connectivity index (χ0) is 19.6. The van der Waals surface area contributed by atoms with Gasteiger partial charge in [-0.3, -0.25) is 4.79 Å². The summed E-state index contributed by atoms with van der Waals surface area (Å²) in [5.41, 5.74) is 1.83. The number of halogens is 1. The monoisotopic (exact) mass is 502 g/mol. The van der Waals surface area contributed by atoms with Crippen LogP contribution in [0.4, 0.5) is 0 Å². The fourth-order valence-corrected chi connectivity index (χ4v) is 3.28. The topological polar surface area (TPSA) is 57.2 Å². The Labute approximate surface area is 186 Å². The van der Waals surface area contributed by atoms with Crippen molar-refractivity contribution in [1.82, 2.24) is 15.1 Å². The van der Waals surface area contributed by atoms with Gasteiger partial charge >= 0.3 is 0 Å². The van der Waals surface area contributed by atoms with Crippen LogP contribution in [0.1, 0.15) is 43.1 Å². The van der Waals surface area contributed by atoms with Crippen molar-refractivity contribution < 1.29 is 9.53 Å². The molecule has 0 aliphatic carbocycles. The van der Waals surface area contributed by atoms with Gasteiger partial charge in [0, 0.05) is 51.3 Å². The second-order valence-electron chi connectivity index (χ2n) is 6.95. The summed E-state index contributed by atoms with van der Waals surface area (Å²) in [6.07, 6.45) is 1.12. The number of rotatable bonds is 8. The Morgan fingerprint density at radius 1 is 1.21 bits per heavy atom. The van der Waals surface area contributed by atoms with Gasteiger partial charge in [0.15, 0.2) is 5.96 Å². The van der Waals surface area contributed by atoms with Crippen LogP contribution in [-0.2, 0) is 11.3 Å². The zero-order valence-corrected chi connectivity index (χ0v) is 19.9. The minimum absolute atomic E-state index is 0. The fourth-order valence-electron chi connectivity index (χ4n) is 3.28. The SMILES string of the molecule is CCNC(=NCc1ccc(C(=O)N(CC)CC)cc1)N(C)CC1CCOC1.I. The van der Waals surface area contributed by atoms with Crippen molar-refractivity contribution in [3.05, 3.63) is 35.4 Å². The van der Waals surface area contributed by atoms with Crippen LogP contribution in [0.2, 0.25) is 0 Å². The Balaban J connectivity index is 0.00000392. The van der Waals surface area contributed by atoms with Gasteiger partial charge in [-0.15, -0.1) is 24.0 Å². The second kappa shape index (κ2) is 13.0. The van der Waals surface area contributed by atoms with Gasteiger partial charge in [-0.05, 0) is 44.9 Å². The van der Waals surface area contributed by atoms with Gasteiger partial charge in [-0.2, -0.15) is 0 Å². The van der Waals surface area contributed by atoms with Gasteiger partial charge in [0.05, 0.1) is 13.2 Å². The van der Waals surface area contributed by atoms with Crippen molar-refractivity contribution >= 4 is 35.8 Å². The van der Waals surface area contributed by atoms with Gasteiger partial charge in [0.25, 0.3) is 5.91 Å². The summed E-state index contributed by atoms with van der Waals surface area (Å²) in [5, 5.41) is 3.36. The molecular weight excluding hydrogens is 467 g/mol. The van der Waals surface area contributed by atoms with E-state index in [1.54, 1.807) is 0 Å². The summed E-state index contributed by atoms with van der Waals surface area (Å²) >= 11 is 0. The Morgan fingerprint density at radius 3 is 2.43 bits per heavy atom. The first-order valence-corrected chi connectivity index (χ1v) is 10.0. The van der Waals surface area contributed by atoms with Gasteiger partial charge in [-0.25, -0.2) is 4.99 Å². The Morgan fingerprint density at radius 2 is 1.89 bits per heavy atom. The third-order valence-electron chi connectivity index (χ3n) is 4.92. The van der Waals surface area contributed by atoms with Gasteiger partial charge in [-0.1, -0.05) is 12.1 Å². The quantitative estimate of drug-likeness (QED) is 0.337. The van der Waals surface area contributed by atoms with Crippen molar-refractivity contribution in [1.29, 1.82) is 0 Å². The minimum atomic E-state index is 0. The molecule has 1 fully saturated rings. The number of hydrogen-bond donors (Lipinski definition) is 1. The van der Waals surface area contributed by atoms with E-state index in [9.17, 15) is 4.79 Å². The first kappa shape index (κ1) is 24.7. The van der Waals surface area contributed by atoms with Crippen LogP contribution in [0.5, 0.6) is 0 Å². The van der Waals surface area contributed by atoms with E-state index < -0.39 is 0 Å². The number of amides is 1. The molecule has 2 rings (SSSR count). The average molecular weight is 502 g/mol. The van der Waals surface area contributed by atoms with Crippen molar-refractivity contribution in [2.45, 2.75) is 33.7 Å². The summed E-state index contributed by atoms with van der Waals surface area (Å²) in [6, 6.07) is 7.79. The number of aliphatic imine (C=N–C) groups is 1. The molecule has 1 unspecified atom stereocenters. The number of hydrogen-bond acceptors (Lipinski definition) is 3. The molecule has 1 aromatic carbocycles. The molecule has 1 aliphatic rings. The first-order chi connectivity index (χ1) is 13.1. The average Bonchev–Trinajstić information content (AvgIpc) is 3.19. The molecule has 0 saturated carbocycles. The number of carbonyl (C=O) groups is 1. The molecule has 0 aromatic heterocycles. The van der Waals surface area contributed by atoms with Crippen LogP contribution >= 0.6 is 24.0 Å². The largest absolute Gasteiger partial charge is 0.381 e. The molecule has 0 bridgehead atoms. The molecule has 1 heterocycles. The second-order valence-corrected chi connectivity index (χ2v) is 6.95. The molecule has 28 heavy (non-hydrogen) atoms. The van der Waals surface area contributed by atoms with Crippen molar-refractivity contribution in [2.75, 3.05) is 46.4 Å². The third kappa shape index (κ3) is 7.24. The van der Waals surface area contributed by atoms with E-state index in [1.165, 1.54) is 0 Å². The van der Waals surface area contributed by atoms with Crippen LogP contribution in [0.25, 0.3) is 0 Å². The van der Waals surface area contributed by atoms with Gasteiger partial charge in [0.1, 0.15) is 0 Å². The Kier molecular flexibility index (Phi) is 11.4. The van der Waals surface area contributed by atoms with Gasteiger partial charge < -0.3 is 19.9 Å². The zero-order valence-electron chi connectivity index (χ0n) is 17.6. The summed E-state index contributed by atoms with van der Waals surface area (Å²) in [7, 11) is 2.08. The van der Waals surface area contributed by atoms with Crippen LogP contribution in [0, 0.1) is 5.92 Å². The van der Waals surface area contributed by atoms with E-state index in [4.69, 9.17) is 9.73 Å². The van der Waals surface area contributed by atoms with E-state index in [0.717, 1.165) is 62.9 Å². The molecule has 1 saturated heterocycles. The molecule has 158 valence electrons. The summed E-state index contributed by atoms with van der Waals surface area (Å²) in [5.74, 6) is 1.57. The highest BCUT2D eigenvalue weighted by molar-refractivity contribution is 14.0. The molecule has 1 aliphatic heterocycles. The Hall–Kier alpha value is -1.35. The normalized spacial score (nSPS) is 16.4. The van der Waals surface area contributed by atoms with Crippen molar-refractivity contribution in [3.63, 3.8) is 0 Å². The van der Waals surface area contributed by atoms with E-state index >= 15 is 0 Å². The number of carbonyl (C=O) groups excluding carboxylic acids is 1. The molecule has 1 N–H and O–H groups in total. The first-order valence-electron chi connectivity index (χ1n) is 10.0. The maximum Gasteiger partial charge on any atom is 0.253 e. The number of nitrogens with one attached hydrogen (secondary N) is 1. The number of ether oxygens (including phenoxy) is 1. The molecule has 6 nitrogen and oxygen atoms in total. The molecule has 1 atom stereocenters. The van der Waals surface area contributed by atoms with E-state index in [2.05, 4.69) is 24.2 Å². The smallest absolute Gasteiger partial charge is 0.253 e. The number of guanidine groups is 1. The van der Waals surface area contributed by atoms with E-state index in [-0.39, 0.29) is 29.9 Å².